The second-order valence-corrected chi connectivity index (χ2v) is 5.84. The van der Waals surface area contributed by atoms with E-state index < -0.39 is 0 Å². The number of nitrogens with zero attached hydrogens (tertiary/aromatic N) is 1. The van der Waals surface area contributed by atoms with E-state index in [1.165, 1.54) is 5.56 Å². The molecular formula is C16H22N2O2. The number of hydrogen-bond donors (Lipinski definition) is 2. The van der Waals surface area contributed by atoms with Crippen LogP contribution in [-0.4, -0.2) is 41.7 Å². The number of aryl methyl sites for hydroxylation is 1. The normalized spacial score (nSPS) is 25.1. The molecule has 2 unspecified atom stereocenters. The quantitative estimate of drug-likeness (QED) is 0.881. The van der Waals surface area contributed by atoms with Crippen molar-refractivity contribution in [2.24, 2.45) is 5.92 Å². The van der Waals surface area contributed by atoms with Crippen LogP contribution in [0.3, 0.4) is 0 Å². The molecule has 2 aliphatic heterocycles. The number of aliphatic hydroxyl groups excluding tert-OH is 1. The first kappa shape index (κ1) is 13.4. The lowest BCUT2D eigenvalue weighted by Gasteiger charge is -2.29. The Hall–Kier alpha value is -1.55. The van der Waals surface area contributed by atoms with E-state index in [0.29, 0.717) is 5.92 Å². The van der Waals surface area contributed by atoms with Crippen molar-refractivity contribution in [3.05, 3.63) is 29.8 Å². The van der Waals surface area contributed by atoms with Crippen molar-refractivity contribution in [3.63, 3.8) is 0 Å². The molecule has 1 saturated heterocycles. The fourth-order valence-electron chi connectivity index (χ4n) is 3.30. The molecule has 0 aromatic heterocycles. The Bertz CT molecular complexity index is 489. The molecule has 0 bridgehead atoms. The number of likely N-dealkylation sites (tertiary alicyclic amines) is 1. The summed E-state index contributed by atoms with van der Waals surface area (Å²) in [5.74, 6) is 0.694. The first-order chi connectivity index (χ1) is 9.78. The maximum atomic E-state index is 12.6. The Morgan fingerprint density at radius 3 is 3.05 bits per heavy atom. The minimum Gasteiger partial charge on any atom is -0.396 e. The average molecular weight is 274 g/mol. The zero-order valence-corrected chi connectivity index (χ0v) is 11.7. The Labute approximate surface area is 119 Å². The monoisotopic (exact) mass is 274 g/mol. The van der Waals surface area contributed by atoms with Gasteiger partial charge in [0.1, 0.15) is 6.04 Å². The number of fused-ring (bicyclic) bond motifs is 1. The molecule has 4 heteroatoms. The average Bonchev–Trinajstić information content (AvgIpc) is 2.95. The summed E-state index contributed by atoms with van der Waals surface area (Å²) in [7, 11) is 0. The molecule has 2 atom stereocenters. The van der Waals surface area contributed by atoms with Crippen molar-refractivity contribution in [3.8, 4) is 0 Å². The number of para-hydroxylation sites is 1. The van der Waals surface area contributed by atoms with Crippen molar-refractivity contribution in [1.29, 1.82) is 0 Å². The second kappa shape index (κ2) is 5.83. The predicted octanol–water partition coefficient (Wildman–Crippen LogP) is 1.64. The maximum Gasteiger partial charge on any atom is 0.245 e. The highest BCUT2D eigenvalue weighted by atomic mass is 16.3. The van der Waals surface area contributed by atoms with Gasteiger partial charge in [-0.1, -0.05) is 18.2 Å². The van der Waals surface area contributed by atoms with E-state index in [1.54, 1.807) is 0 Å². The minimum atomic E-state index is -0.0854. The van der Waals surface area contributed by atoms with E-state index >= 15 is 0 Å². The molecular weight excluding hydrogens is 252 g/mol. The van der Waals surface area contributed by atoms with Gasteiger partial charge in [0.05, 0.1) is 0 Å². The van der Waals surface area contributed by atoms with E-state index in [-0.39, 0.29) is 18.6 Å². The van der Waals surface area contributed by atoms with Gasteiger partial charge < -0.3 is 15.3 Å². The number of hydrogen-bond acceptors (Lipinski definition) is 3. The van der Waals surface area contributed by atoms with E-state index in [4.69, 9.17) is 5.11 Å². The summed E-state index contributed by atoms with van der Waals surface area (Å²) in [6.07, 6.45) is 3.67. The smallest absolute Gasteiger partial charge is 0.245 e. The van der Waals surface area contributed by atoms with Gasteiger partial charge in [0.15, 0.2) is 0 Å². The van der Waals surface area contributed by atoms with Crippen LogP contribution in [0.15, 0.2) is 24.3 Å². The molecule has 0 saturated carbocycles. The molecule has 0 aliphatic carbocycles. The lowest BCUT2D eigenvalue weighted by atomic mass is 9.97. The van der Waals surface area contributed by atoms with Crippen LogP contribution in [0.2, 0.25) is 0 Å². The predicted molar refractivity (Wildman–Crippen MR) is 78.6 cm³/mol. The fourth-order valence-corrected chi connectivity index (χ4v) is 3.30. The highest BCUT2D eigenvalue weighted by Crippen LogP contribution is 2.27. The molecule has 0 spiro atoms. The maximum absolute atomic E-state index is 12.6. The molecule has 2 N–H and O–H groups in total. The number of anilines is 1. The van der Waals surface area contributed by atoms with Crippen LogP contribution in [0.1, 0.15) is 24.8 Å². The van der Waals surface area contributed by atoms with Gasteiger partial charge in [0.25, 0.3) is 0 Å². The lowest BCUT2D eigenvalue weighted by Crippen LogP contribution is -2.43. The topological polar surface area (TPSA) is 52.6 Å². The standard InChI is InChI=1S/C16H22N2O2/c19-10-8-12-7-9-18(11-12)16(20)15-6-5-13-3-1-2-4-14(13)17-15/h1-4,12,15,17,19H,5-11H2. The molecule has 1 fully saturated rings. The summed E-state index contributed by atoms with van der Waals surface area (Å²) in [6.45, 7) is 1.87. The molecule has 4 nitrogen and oxygen atoms in total. The van der Waals surface area contributed by atoms with Crippen LogP contribution >= 0.6 is 0 Å². The Balaban J connectivity index is 1.62. The third kappa shape index (κ3) is 2.66. The molecule has 1 aromatic rings. The Morgan fingerprint density at radius 1 is 1.35 bits per heavy atom. The van der Waals surface area contributed by atoms with Gasteiger partial charge in [0, 0.05) is 25.4 Å². The summed E-state index contributed by atoms with van der Waals surface area (Å²) in [6, 6.07) is 8.13. The van der Waals surface area contributed by atoms with E-state index in [1.807, 2.05) is 23.1 Å². The van der Waals surface area contributed by atoms with Crippen molar-refractivity contribution < 1.29 is 9.90 Å². The first-order valence-electron chi connectivity index (χ1n) is 7.52. The zero-order chi connectivity index (χ0) is 13.9. The van der Waals surface area contributed by atoms with E-state index in [2.05, 4.69) is 11.4 Å². The summed E-state index contributed by atoms with van der Waals surface area (Å²) in [5.41, 5.74) is 2.40. The number of rotatable bonds is 3. The summed E-state index contributed by atoms with van der Waals surface area (Å²) < 4.78 is 0. The third-order valence-corrected chi connectivity index (χ3v) is 4.48. The largest absolute Gasteiger partial charge is 0.396 e. The van der Waals surface area contributed by atoms with Gasteiger partial charge in [-0.05, 0) is 43.2 Å². The van der Waals surface area contributed by atoms with Crippen LogP contribution < -0.4 is 5.32 Å². The van der Waals surface area contributed by atoms with Crippen molar-refractivity contribution >= 4 is 11.6 Å². The van der Waals surface area contributed by atoms with Crippen molar-refractivity contribution in [1.82, 2.24) is 4.90 Å². The number of amides is 1. The van der Waals surface area contributed by atoms with Crippen LogP contribution in [0.5, 0.6) is 0 Å². The SMILES string of the molecule is O=C(C1CCc2ccccc2N1)N1CCC(CCO)C1. The molecule has 1 amide bonds. The van der Waals surface area contributed by atoms with Crippen LogP contribution in [0.25, 0.3) is 0 Å². The number of nitrogens with one attached hydrogen (secondary N) is 1. The van der Waals surface area contributed by atoms with Gasteiger partial charge in [-0.15, -0.1) is 0 Å². The van der Waals surface area contributed by atoms with E-state index in [9.17, 15) is 4.79 Å². The van der Waals surface area contributed by atoms with Crippen LogP contribution in [0.4, 0.5) is 5.69 Å². The summed E-state index contributed by atoms with van der Waals surface area (Å²) in [4.78, 5) is 14.5. The third-order valence-electron chi connectivity index (χ3n) is 4.48. The number of aliphatic hydroxyl groups is 1. The van der Waals surface area contributed by atoms with Gasteiger partial charge in [-0.2, -0.15) is 0 Å². The number of benzene rings is 1. The van der Waals surface area contributed by atoms with Crippen molar-refractivity contribution in [2.75, 3.05) is 25.0 Å². The molecule has 108 valence electrons. The molecule has 2 aliphatic rings. The molecule has 0 radical (unpaired) electrons. The van der Waals surface area contributed by atoms with E-state index in [0.717, 1.165) is 44.5 Å². The van der Waals surface area contributed by atoms with Crippen molar-refractivity contribution in [2.45, 2.75) is 31.7 Å². The number of carbonyl (C=O) groups is 1. The molecule has 1 aromatic carbocycles. The lowest BCUT2D eigenvalue weighted by molar-refractivity contribution is -0.131. The highest BCUT2D eigenvalue weighted by Gasteiger charge is 2.32. The van der Waals surface area contributed by atoms with Gasteiger partial charge >= 0.3 is 0 Å². The van der Waals surface area contributed by atoms with Gasteiger partial charge in [0.2, 0.25) is 5.91 Å². The molecule has 20 heavy (non-hydrogen) atoms. The Kier molecular flexibility index (Phi) is 3.92. The second-order valence-electron chi connectivity index (χ2n) is 5.84. The molecule has 2 heterocycles. The molecule has 3 rings (SSSR count). The summed E-state index contributed by atoms with van der Waals surface area (Å²) >= 11 is 0. The first-order valence-corrected chi connectivity index (χ1v) is 7.52. The van der Waals surface area contributed by atoms with Crippen LogP contribution in [-0.2, 0) is 11.2 Å². The number of carbonyl (C=O) groups excluding carboxylic acids is 1. The van der Waals surface area contributed by atoms with Gasteiger partial charge in [-0.3, -0.25) is 4.79 Å². The Morgan fingerprint density at radius 2 is 2.20 bits per heavy atom. The minimum absolute atomic E-state index is 0.0854. The van der Waals surface area contributed by atoms with Gasteiger partial charge in [-0.25, -0.2) is 0 Å². The summed E-state index contributed by atoms with van der Waals surface area (Å²) in [5, 5.41) is 12.4. The highest BCUT2D eigenvalue weighted by molar-refractivity contribution is 5.86. The fraction of sp³-hybridized carbons (Fsp3) is 0.562. The van der Waals surface area contributed by atoms with Crippen LogP contribution in [0, 0.1) is 5.92 Å². The zero-order valence-electron chi connectivity index (χ0n) is 11.7.